The monoisotopic (exact) mass is 326 g/mol. The van der Waals surface area contributed by atoms with Crippen molar-refractivity contribution < 1.29 is 13.5 Å². The van der Waals surface area contributed by atoms with Crippen molar-refractivity contribution in [3.05, 3.63) is 45.4 Å². The van der Waals surface area contributed by atoms with Gasteiger partial charge in [-0.05, 0) is 37.1 Å². The van der Waals surface area contributed by atoms with Crippen LogP contribution in [0.3, 0.4) is 0 Å². The first-order valence-electron chi connectivity index (χ1n) is 6.53. The van der Waals surface area contributed by atoms with Crippen molar-refractivity contribution in [2.24, 2.45) is 0 Å². The molecule has 2 N–H and O–H groups in total. The first-order valence-corrected chi connectivity index (χ1v) is 8.90. The van der Waals surface area contributed by atoms with E-state index in [1.807, 2.05) is 19.2 Å². The summed E-state index contributed by atoms with van der Waals surface area (Å²) in [7, 11) is -3.56. The number of aliphatic hydroxyl groups is 1. The molecule has 0 fully saturated rings. The lowest BCUT2D eigenvalue weighted by atomic mass is 10.1. The fourth-order valence-corrected chi connectivity index (χ4v) is 3.63. The van der Waals surface area contributed by atoms with Gasteiger partial charge in [0.15, 0.2) is 0 Å². The van der Waals surface area contributed by atoms with Gasteiger partial charge in [-0.3, -0.25) is 0 Å². The summed E-state index contributed by atoms with van der Waals surface area (Å²) in [6, 6.07) is 4.75. The highest BCUT2D eigenvalue weighted by molar-refractivity contribution is 7.89. The van der Waals surface area contributed by atoms with E-state index in [0.29, 0.717) is 18.5 Å². The van der Waals surface area contributed by atoms with Crippen LogP contribution in [0, 0.1) is 13.8 Å². The second-order valence-electron chi connectivity index (χ2n) is 4.75. The van der Waals surface area contributed by atoms with Crippen LogP contribution in [-0.4, -0.2) is 25.1 Å². The highest BCUT2D eigenvalue weighted by Crippen LogP contribution is 2.15. The summed E-state index contributed by atoms with van der Waals surface area (Å²) in [6.07, 6.45) is 0.558. The summed E-state index contributed by atoms with van der Waals surface area (Å²) >= 11 is 1.55. The third kappa shape index (κ3) is 4.10. The molecule has 7 heteroatoms. The average molecular weight is 326 g/mol. The van der Waals surface area contributed by atoms with Crippen molar-refractivity contribution in [3.8, 4) is 0 Å². The summed E-state index contributed by atoms with van der Waals surface area (Å²) in [5, 5.41) is 12.1. The molecule has 2 rings (SSSR count). The van der Waals surface area contributed by atoms with Crippen molar-refractivity contribution in [2.45, 2.75) is 31.8 Å². The molecule has 0 bridgehead atoms. The number of hydrogen-bond donors (Lipinski definition) is 2. The van der Waals surface area contributed by atoms with Crippen LogP contribution in [0.25, 0.3) is 0 Å². The van der Waals surface area contributed by atoms with Crippen molar-refractivity contribution in [1.82, 2.24) is 9.71 Å². The van der Waals surface area contributed by atoms with Gasteiger partial charge >= 0.3 is 0 Å². The maximum atomic E-state index is 12.2. The van der Waals surface area contributed by atoms with E-state index in [-0.39, 0.29) is 11.5 Å². The molecule has 0 aliphatic carbocycles. The average Bonchev–Trinajstić information content (AvgIpc) is 2.84. The number of sulfonamides is 1. The lowest BCUT2D eigenvalue weighted by Gasteiger charge is -2.09. The summed E-state index contributed by atoms with van der Waals surface area (Å²) in [5.74, 6) is 0. The minimum absolute atomic E-state index is 0.173. The molecule has 0 amide bonds. The Kier molecular flexibility index (Phi) is 5.10. The van der Waals surface area contributed by atoms with E-state index in [0.717, 1.165) is 16.3 Å². The Balaban J connectivity index is 2.04. The molecule has 0 radical (unpaired) electrons. The highest BCUT2D eigenvalue weighted by Gasteiger charge is 2.15. The van der Waals surface area contributed by atoms with Crippen LogP contribution in [0.15, 0.2) is 28.5 Å². The Bertz CT molecular complexity index is 724. The molecule has 1 aromatic carbocycles. The predicted octanol–water partition coefficient (Wildman–Crippen LogP) is 1.77. The number of hydrogen-bond acceptors (Lipinski definition) is 5. The van der Waals surface area contributed by atoms with E-state index in [4.69, 9.17) is 0 Å². The molecule has 21 heavy (non-hydrogen) atoms. The smallest absolute Gasteiger partial charge is 0.240 e. The predicted molar refractivity (Wildman–Crippen MR) is 82.8 cm³/mol. The summed E-state index contributed by atoms with van der Waals surface area (Å²) < 4.78 is 27.0. The lowest BCUT2D eigenvalue weighted by molar-refractivity contribution is 0.280. The Morgan fingerprint density at radius 3 is 2.71 bits per heavy atom. The molecule has 0 spiro atoms. The molecule has 5 nitrogen and oxygen atoms in total. The molecule has 0 unspecified atom stereocenters. The van der Waals surface area contributed by atoms with Gasteiger partial charge in [0, 0.05) is 18.3 Å². The van der Waals surface area contributed by atoms with Crippen molar-refractivity contribution in [2.75, 3.05) is 6.54 Å². The third-order valence-corrected chi connectivity index (χ3v) is 5.42. The minimum atomic E-state index is -3.56. The van der Waals surface area contributed by atoms with Crippen LogP contribution in [0.5, 0.6) is 0 Å². The van der Waals surface area contributed by atoms with Gasteiger partial charge in [-0.25, -0.2) is 18.1 Å². The number of rotatable bonds is 6. The van der Waals surface area contributed by atoms with Gasteiger partial charge in [0.2, 0.25) is 10.0 Å². The van der Waals surface area contributed by atoms with Crippen LogP contribution >= 0.6 is 11.3 Å². The van der Waals surface area contributed by atoms with E-state index < -0.39 is 10.0 Å². The lowest BCUT2D eigenvalue weighted by Crippen LogP contribution is -2.26. The number of aryl methyl sites for hydroxylation is 2. The van der Waals surface area contributed by atoms with E-state index in [1.165, 1.54) is 6.07 Å². The van der Waals surface area contributed by atoms with Gasteiger partial charge in [-0.2, -0.15) is 0 Å². The Morgan fingerprint density at radius 2 is 2.10 bits per heavy atom. The van der Waals surface area contributed by atoms with E-state index in [9.17, 15) is 13.5 Å². The Hall–Kier alpha value is -1.28. The Morgan fingerprint density at radius 1 is 1.33 bits per heavy atom. The number of aliphatic hydroxyl groups excluding tert-OH is 1. The van der Waals surface area contributed by atoms with Gasteiger partial charge in [0.25, 0.3) is 0 Å². The van der Waals surface area contributed by atoms with Crippen LogP contribution in [0.1, 0.15) is 21.8 Å². The highest BCUT2D eigenvalue weighted by atomic mass is 32.2. The maximum absolute atomic E-state index is 12.2. The molecule has 0 aliphatic rings. The van der Waals surface area contributed by atoms with Crippen molar-refractivity contribution >= 4 is 21.4 Å². The quantitative estimate of drug-likeness (QED) is 0.848. The minimum Gasteiger partial charge on any atom is -0.392 e. The third-order valence-electron chi connectivity index (χ3n) is 3.14. The standard InChI is InChI=1S/C14H18N2O3S2/c1-10-3-4-14(7-12(10)8-17)21(18,19)15-6-5-13-9-20-11(2)16-13/h3-4,7,9,15,17H,5-6,8H2,1-2H3. The zero-order chi connectivity index (χ0) is 15.5. The summed E-state index contributed by atoms with van der Waals surface area (Å²) in [5.41, 5.74) is 2.38. The topological polar surface area (TPSA) is 79.3 Å². The molecule has 0 aliphatic heterocycles. The molecule has 0 saturated carbocycles. The number of nitrogens with zero attached hydrogens (tertiary/aromatic N) is 1. The van der Waals surface area contributed by atoms with Crippen molar-refractivity contribution in [3.63, 3.8) is 0 Å². The molecular formula is C14H18N2O3S2. The molecule has 1 aromatic heterocycles. The van der Waals surface area contributed by atoms with Crippen LogP contribution < -0.4 is 4.72 Å². The number of aromatic nitrogens is 1. The van der Waals surface area contributed by atoms with Crippen LogP contribution in [0.2, 0.25) is 0 Å². The molecule has 114 valence electrons. The molecule has 0 atom stereocenters. The van der Waals surface area contributed by atoms with Gasteiger partial charge in [-0.1, -0.05) is 6.07 Å². The van der Waals surface area contributed by atoms with Gasteiger partial charge in [0.1, 0.15) is 0 Å². The summed E-state index contributed by atoms with van der Waals surface area (Å²) in [6.45, 7) is 3.88. The molecule has 1 heterocycles. The normalized spacial score (nSPS) is 11.8. The number of nitrogens with one attached hydrogen (secondary N) is 1. The number of thiazole rings is 1. The second-order valence-corrected chi connectivity index (χ2v) is 7.58. The Labute approximate surface area is 128 Å². The largest absolute Gasteiger partial charge is 0.392 e. The van der Waals surface area contributed by atoms with E-state index in [2.05, 4.69) is 9.71 Å². The first kappa shape index (κ1) is 16.1. The first-order chi connectivity index (χ1) is 9.92. The van der Waals surface area contributed by atoms with Gasteiger partial charge in [0.05, 0.1) is 22.2 Å². The fraction of sp³-hybridized carbons (Fsp3) is 0.357. The zero-order valence-electron chi connectivity index (χ0n) is 12.0. The van der Waals surface area contributed by atoms with E-state index in [1.54, 1.807) is 23.5 Å². The maximum Gasteiger partial charge on any atom is 0.240 e. The summed E-state index contributed by atoms with van der Waals surface area (Å²) in [4.78, 5) is 4.47. The van der Waals surface area contributed by atoms with Crippen LogP contribution in [-0.2, 0) is 23.1 Å². The SMILES string of the molecule is Cc1nc(CCNS(=O)(=O)c2ccc(C)c(CO)c2)cs1. The van der Waals surface area contributed by atoms with Crippen LogP contribution in [0.4, 0.5) is 0 Å². The molecule has 0 saturated heterocycles. The fourth-order valence-electron chi connectivity index (χ4n) is 1.91. The zero-order valence-corrected chi connectivity index (χ0v) is 13.6. The molecule has 2 aromatic rings. The van der Waals surface area contributed by atoms with Gasteiger partial charge in [-0.15, -0.1) is 11.3 Å². The van der Waals surface area contributed by atoms with Crippen molar-refractivity contribution in [1.29, 1.82) is 0 Å². The second kappa shape index (κ2) is 6.65. The molecular weight excluding hydrogens is 308 g/mol. The number of benzene rings is 1. The van der Waals surface area contributed by atoms with E-state index >= 15 is 0 Å². The van der Waals surface area contributed by atoms with Gasteiger partial charge < -0.3 is 5.11 Å².